The van der Waals surface area contributed by atoms with Gasteiger partial charge in [-0.05, 0) is 41.0 Å². The summed E-state index contributed by atoms with van der Waals surface area (Å²) in [6.07, 6.45) is 1.45. The maximum atomic E-state index is 12.9. The zero-order valence-electron chi connectivity index (χ0n) is 10.4. The maximum Gasteiger partial charge on any atom is 0.123 e. The Kier molecular flexibility index (Phi) is 3.94. The molecule has 0 radical (unpaired) electrons. The summed E-state index contributed by atoms with van der Waals surface area (Å²) < 4.78 is 18.0. The van der Waals surface area contributed by atoms with Crippen LogP contribution in [0.1, 0.15) is 11.1 Å². The number of benzene rings is 2. The predicted molar refractivity (Wildman–Crippen MR) is 72.1 cm³/mol. The molecule has 0 saturated heterocycles. The third-order valence-electron chi connectivity index (χ3n) is 2.77. The van der Waals surface area contributed by atoms with Crippen molar-refractivity contribution >= 4 is 5.57 Å². The van der Waals surface area contributed by atoms with Gasteiger partial charge in [-0.1, -0.05) is 24.3 Å². The Hall–Kier alpha value is -2.60. The number of hydrogen-bond donors (Lipinski definition) is 0. The highest BCUT2D eigenvalue weighted by Gasteiger charge is 2.05. The lowest BCUT2D eigenvalue weighted by Gasteiger charge is -2.08. The van der Waals surface area contributed by atoms with Crippen LogP contribution in [0.2, 0.25) is 0 Å². The highest BCUT2D eigenvalue weighted by molar-refractivity contribution is 5.81. The Morgan fingerprint density at radius 1 is 1.05 bits per heavy atom. The molecule has 2 aromatic carbocycles. The zero-order chi connectivity index (χ0) is 13.7. The Morgan fingerprint density at radius 3 is 2.05 bits per heavy atom. The van der Waals surface area contributed by atoms with Crippen LogP contribution in [0.3, 0.4) is 0 Å². The molecule has 0 aliphatic rings. The zero-order valence-corrected chi connectivity index (χ0v) is 10.4. The van der Waals surface area contributed by atoms with Gasteiger partial charge in [0.05, 0.1) is 13.2 Å². The number of ether oxygens (including phenoxy) is 1. The smallest absolute Gasteiger partial charge is 0.123 e. The first-order valence-corrected chi connectivity index (χ1v) is 5.75. The summed E-state index contributed by atoms with van der Waals surface area (Å²) in [5.74, 6) is 0.453. The van der Waals surface area contributed by atoms with Gasteiger partial charge in [-0.3, -0.25) is 0 Å². The molecule has 2 rings (SSSR count). The van der Waals surface area contributed by atoms with Crippen molar-refractivity contribution in [3.63, 3.8) is 0 Å². The van der Waals surface area contributed by atoms with Crippen molar-refractivity contribution in [1.82, 2.24) is 0 Å². The van der Waals surface area contributed by atoms with Crippen LogP contribution in [0.15, 0.2) is 54.6 Å². The molecule has 0 aromatic heterocycles. The van der Waals surface area contributed by atoms with Gasteiger partial charge in [0.15, 0.2) is 0 Å². The maximum absolute atomic E-state index is 12.9. The fraction of sp³-hybridized carbons (Fsp3) is 0.0625. The topological polar surface area (TPSA) is 33.0 Å². The monoisotopic (exact) mass is 253 g/mol. The summed E-state index contributed by atoms with van der Waals surface area (Å²) in [7, 11) is 1.60. The molecule has 0 amide bonds. The lowest BCUT2D eigenvalue weighted by molar-refractivity contribution is 0.415. The van der Waals surface area contributed by atoms with Gasteiger partial charge in [0.1, 0.15) is 11.6 Å². The van der Waals surface area contributed by atoms with E-state index in [1.807, 2.05) is 30.3 Å². The number of hydrogen-bond acceptors (Lipinski definition) is 2. The van der Waals surface area contributed by atoms with Crippen molar-refractivity contribution in [1.29, 1.82) is 5.26 Å². The van der Waals surface area contributed by atoms with Crippen LogP contribution in [0.25, 0.3) is 5.57 Å². The summed E-state index contributed by atoms with van der Waals surface area (Å²) in [6.45, 7) is 0. The number of methoxy groups -OCH3 is 1. The van der Waals surface area contributed by atoms with E-state index in [9.17, 15) is 4.39 Å². The fourth-order valence-electron chi connectivity index (χ4n) is 1.80. The number of allylic oxidation sites excluding steroid dienone is 1. The van der Waals surface area contributed by atoms with Gasteiger partial charge in [-0.15, -0.1) is 0 Å². The molecule has 3 heteroatoms. The van der Waals surface area contributed by atoms with Crippen molar-refractivity contribution in [3.05, 3.63) is 71.6 Å². The van der Waals surface area contributed by atoms with E-state index in [1.54, 1.807) is 19.2 Å². The Morgan fingerprint density at radius 2 is 1.58 bits per heavy atom. The number of halogens is 1. The Labute approximate surface area is 111 Å². The molecule has 0 spiro atoms. The van der Waals surface area contributed by atoms with Gasteiger partial charge in [0.2, 0.25) is 0 Å². The minimum Gasteiger partial charge on any atom is -0.497 e. The molecular weight excluding hydrogens is 241 g/mol. The third kappa shape index (κ3) is 2.99. The number of nitrogens with zero attached hydrogens (tertiary/aromatic N) is 1. The van der Waals surface area contributed by atoms with Crippen LogP contribution in [-0.4, -0.2) is 7.11 Å². The fourth-order valence-corrected chi connectivity index (χ4v) is 1.80. The molecule has 0 aliphatic heterocycles. The second kappa shape index (κ2) is 5.83. The van der Waals surface area contributed by atoms with Crippen molar-refractivity contribution in [3.8, 4) is 11.8 Å². The van der Waals surface area contributed by atoms with E-state index in [1.165, 1.54) is 18.2 Å². The first-order chi connectivity index (χ1) is 9.24. The third-order valence-corrected chi connectivity index (χ3v) is 2.77. The normalized spacial score (nSPS) is 10.9. The van der Waals surface area contributed by atoms with Crippen LogP contribution in [0.4, 0.5) is 4.39 Å². The van der Waals surface area contributed by atoms with Gasteiger partial charge in [-0.2, -0.15) is 5.26 Å². The minimum atomic E-state index is -0.296. The SMILES string of the molecule is COc1ccc(/C(=C\C#N)c2ccc(F)cc2)cc1. The standard InChI is InChI=1S/C16H12FNO/c1-19-15-8-4-13(5-9-15)16(10-11-18)12-2-6-14(17)7-3-12/h2-10H,1H3/b16-10-. The highest BCUT2D eigenvalue weighted by atomic mass is 19.1. The second-order valence-corrected chi connectivity index (χ2v) is 3.92. The molecule has 0 fully saturated rings. The van der Waals surface area contributed by atoms with Crippen molar-refractivity contribution < 1.29 is 9.13 Å². The Bertz CT molecular complexity index is 621. The first kappa shape index (κ1) is 12.8. The van der Waals surface area contributed by atoms with E-state index < -0.39 is 0 Å². The molecule has 19 heavy (non-hydrogen) atoms. The second-order valence-electron chi connectivity index (χ2n) is 3.92. The molecule has 0 bridgehead atoms. The summed E-state index contributed by atoms with van der Waals surface area (Å²) in [4.78, 5) is 0. The molecule has 0 N–H and O–H groups in total. The molecule has 0 atom stereocenters. The molecule has 2 nitrogen and oxygen atoms in total. The van der Waals surface area contributed by atoms with Crippen molar-refractivity contribution in [2.75, 3.05) is 7.11 Å². The van der Waals surface area contributed by atoms with E-state index >= 15 is 0 Å². The molecule has 94 valence electrons. The molecule has 0 heterocycles. The molecule has 0 aliphatic carbocycles. The summed E-state index contributed by atoms with van der Waals surface area (Å²) >= 11 is 0. The number of rotatable bonds is 3. The summed E-state index contributed by atoms with van der Waals surface area (Å²) in [6, 6.07) is 15.5. The summed E-state index contributed by atoms with van der Waals surface area (Å²) in [5.41, 5.74) is 2.44. The lowest BCUT2D eigenvalue weighted by atomic mass is 9.97. The largest absolute Gasteiger partial charge is 0.497 e. The molecular formula is C16H12FNO. The van der Waals surface area contributed by atoms with Crippen molar-refractivity contribution in [2.24, 2.45) is 0 Å². The molecule has 0 unspecified atom stereocenters. The average Bonchev–Trinajstić information content (AvgIpc) is 2.46. The van der Waals surface area contributed by atoms with Crippen molar-refractivity contribution in [2.45, 2.75) is 0 Å². The summed E-state index contributed by atoms with van der Waals surface area (Å²) in [5, 5.41) is 8.89. The van der Waals surface area contributed by atoms with Crippen LogP contribution in [0.5, 0.6) is 5.75 Å². The minimum absolute atomic E-state index is 0.296. The quantitative estimate of drug-likeness (QED) is 0.780. The van der Waals surface area contributed by atoms with Gasteiger partial charge >= 0.3 is 0 Å². The number of nitriles is 1. The lowest BCUT2D eigenvalue weighted by Crippen LogP contribution is -1.89. The van der Waals surface area contributed by atoms with Gasteiger partial charge in [-0.25, -0.2) is 4.39 Å². The van der Waals surface area contributed by atoms with Crippen LogP contribution in [-0.2, 0) is 0 Å². The Balaban J connectivity index is 2.43. The van der Waals surface area contributed by atoms with E-state index in [4.69, 9.17) is 10.00 Å². The van der Waals surface area contributed by atoms with E-state index in [2.05, 4.69) is 0 Å². The van der Waals surface area contributed by atoms with Gasteiger partial charge in [0, 0.05) is 6.08 Å². The molecule has 2 aromatic rings. The van der Waals surface area contributed by atoms with Crippen LogP contribution < -0.4 is 4.74 Å². The van der Waals surface area contributed by atoms with E-state index in [0.717, 1.165) is 22.4 Å². The van der Waals surface area contributed by atoms with Gasteiger partial charge < -0.3 is 4.74 Å². The molecule has 0 saturated carbocycles. The average molecular weight is 253 g/mol. The van der Waals surface area contributed by atoms with Gasteiger partial charge in [0.25, 0.3) is 0 Å². The van der Waals surface area contributed by atoms with E-state index in [-0.39, 0.29) is 5.82 Å². The highest BCUT2D eigenvalue weighted by Crippen LogP contribution is 2.25. The van der Waals surface area contributed by atoms with Crippen LogP contribution >= 0.6 is 0 Å². The van der Waals surface area contributed by atoms with E-state index in [0.29, 0.717) is 0 Å². The predicted octanol–water partition coefficient (Wildman–Crippen LogP) is 3.79. The first-order valence-electron chi connectivity index (χ1n) is 5.75. The van der Waals surface area contributed by atoms with Crippen LogP contribution in [0, 0.1) is 17.1 Å².